The van der Waals surface area contributed by atoms with Gasteiger partial charge in [0.05, 0.1) is 5.92 Å². The summed E-state index contributed by atoms with van der Waals surface area (Å²) in [7, 11) is 0. The molecule has 0 unspecified atom stereocenters. The third-order valence-corrected chi connectivity index (χ3v) is 4.97. The Labute approximate surface area is 171 Å². The Balaban J connectivity index is 0.00000225. The number of rotatable bonds is 5. The minimum Gasteiger partial charge on any atom is -0.355 e. The number of halogens is 1. The number of para-hydroxylation sites is 1. The fourth-order valence-corrected chi connectivity index (χ4v) is 3.60. The largest absolute Gasteiger partial charge is 0.355 e. The summed E-state index contributed by atoms with van der Waals surface area (Å²) in [5.41, 5.74) is 3.98. The van der Waals surface area contributed by atoms with Crippen LogP contribution in [0.1, 0.15) is 11.5 Å². The van der Waals surface area contributed by atoms with Gasteiger partial charge in [-0.1, -0.05) is 54.6 Å². The van der Waals surface area contributed by atoms with Crippen LogP contribution in [0.3, 0.4) is 0 Å². The molecule has 2 atom stereocenters. The van der Waals surface area contributed by atoms with Gasteiger partial charge in [0, 0.05) is 36.1 Å². The molecule has 0 spiro atoms. The van der Waals surface area contributed by atoms with Gasteiger partial charge in [0.25, 0.3) is 0 Å². The van der Waals surface area contributed by atoms with E-state index in [9.17, 15) is 4.79 Å². The van der Waals surface area contributed by atoms with Crippen molar-refractivity contribution < 1.29 is 4.79 Å². The predicted octanol–water partition coefficient (Wildman–Crippen LogP) is 4.79. The van der Waals surface area contributed by atoms with Gasteiger partial charge in [-0.3, -0.25) is 4.79 Å². The van der Waals surface area contributed by atoms with E-state index in [1.807, 2.05) is 72.8 Å². The molecule has 3 aromatic carbocycles. The SMILES string of the molecule is Cl.O=C(Nc1cccc(Nc2ccccc2)c1)[C@H]1CNC[C@@H]1c1ccccc1. The number of amides is 1. The van der Waals surface area contributed by atoms with Crippen molar-refractivity contribution in [2.75, 3.05) is 23.7 Å². The third kappa shape index (κ3) is 4.71. The van der Waals surface area contributed by atoms with E-state index in [0.717, 1.165) is 23.6 Å². The molecular weight excluding hydrogens is 370 g/mol. The lowest BCUT2D eigenvalue weighted by atomic mass is 9.88. The summed E-state index contributed by atoms with van der Waals surface area (Å²) in [5.74, 6) is 0.195. The first-order valence-corrected chi connectivity index (χ1v) is 9.28. The van der Waals surface area contributed by atoms with Crippen LogP contribution in [0.2, 0.25) is 0 Å². The molecule has 1 heterocycles. The Morgan fingerprint density at radius 3 is 2.18 bits per heavy atom. The summed E-state index contributed by atoms with van der Waals surface area (Å²) < 4.78 is 0. The van der Waals surface area contributed by atoms with Crippen LogP contribution in [0, 0.1) is 5.92 Å². The first-order chi connectivity index (χ1) is 13.3. The minimum absolute atomic E-state index is 0. The monoisotopic (exact) mass is 393 g/mol. The van der Waals surface area contributed by atoms with Crippen molar-refractivity contribution in [2.45, 2.75) is 5.92 Å². The van der Waals surface area contributed by atoms with Gasteiger partial charge in [-0.15, -0.1) is 12.4 Å². The molecule has 1 fully saturated rings. The Bertz CT molecular complexity index is 902. The average molecular weight is 394 g/mol. The number of carbonyl (C=O) groups is 1. The summed E-state index contributed by atoms with van der Waals surface area (Å²) in [6.07, 6.45) is 0. The number of nitrogens with one attached hydrogen (secondary N) is 3. The van der Waals surface area contributed by atoms with E-state index < -0.39 is 0 Å². The van der Waals surface area contributed by atoms with Gasteiger partial charge in [0.1, 0.15) is 0 Å². The molecule has 1 amide bonds. The van der Waals surface area contributed by atoms with E-state index in [4.69, 9.17) is 0 Å². The molecule has 3 N–H and O–H groups in total. The van der Waals surface area contributed by atoms with E-state index in [0.29, 0.717) is 6.54 Å². The highest BCUT2D eigenvalue weighted by atomic mass is 35.5. The average Bonchev–Trinajstić information content (AvgIpc) is 3.20. The zero-order chi connectivity index (χ0) is 18.5. The topological polar surface area (TPSA) is 53.2 Å². The second-order valence-corrected chi connectivity index (χ2v) is 6.84. The summed E-state index contributed by atoms with van der Waals surface area (Å²) in [6, 6.07) is 28.1. The molecule has 1 aliphatic rings. The van der Waals surface area contributed by atoms with Crippen LogP contribution in [0.4, 0.5) is 17.1 Å². The van der Waals surface area contributed by atoms with Crippen molar-refractivity contribution in [2.24, 2.45) is 5.92 Å². The fourth-order valence-electron chi connectivity index (χ4n) is 3.60. The van der Waals surface area contributed by atoms with Crippen LogP contribution in [-0.4, -0.2) is 19.0 Å². The molecule has 144 valence electrons. The predicted molar refractivity (Wildman–Crippen MR) is 118 cm³/mol. The summed E-state index contributed by atoms with van der Waals surface area (Å²) in [6.45, 7) is 1.53. The van der Waals surface area contributed by atoms with E-state index in [1.54, 1.807) is 0 Å². The highest BCUT2D eigenvalue weighted by Crippen LogP contribution is 2.29. The quantitative estimate of drug-likeness (QED) is 0.584. The number of anilines is 3. The maximum Gasteiger partial charge on any atom is 0.229 e. The van der Waals surface area contributed by atoms with Gasteiger partial charge in [-0.25, -0.2) is 0 Å². The zero-order valence-electron chi connectivity index (χ0n) is 15.5. The standard InChI is InChI=1S/C23H23N3O.ClH/c27-23(22-16-24-15-21(22)17-8-3-1-4-9-17)26-20-13-7-12-19(14-20)25-18-10-5-2-6-11-18;/h1-14,21-22,24-25H,15-16H2,(H,26,27);1H/t21-,22+;/m1./s1. The van der Waals surface area contributed by atoms with Gasteiger partial charge in [-0.05, 0) is 35.9 Å². The first kappa shape index (κ1) is 19.9. The zero-order valence-corrected chi connectivity index (χ0v) is 16.3. The van der Waals surface area contributed by atoms with Crippen molar-refractivity contribution >= 4 is 35.4 Å². The number of carbonyl (C=O) groups excluding carboxylic acids is 1. The maximum absolute atomic E-state index is 12.9. The van der Waals surface area contributed by atoms with Crippen LogP contribution in [-0.2, 0) is 4.79 Å². The van der Waals surface area contributed by atoms with E-state index >= 15 is 0 Å². The molecule has 0 aliphatic carbocycles. The second kappa shape index (κ2) is 9.40. The van der Waals surface area contributed by atoms with Crippen molar-refractivity contribution in [3.8, 4) is 0 Å². The molecule has 1 saturated heterocycles. The number of benzene rings is 3. The first-order valence-electron chi connectivity index (χ1n) is 9.28. The maximum atomic E-state index is 12.9. The number of hydrogen-bond donors (Lipinski definition) is 3. The molecule has 4 nitrogen and oxygen atoms in total. The van der Waals surface area contributed by atoms with E-state index in [1.165, 1.54) is 5.56 Å². The molecule has 0 aromatic heterocycles. The summed E-state index contributed by atoms with van der Waals surface area (Å²) in [5, 5.41) is 9.81. The van der Waals surface area contributed by atoms with Crippen LogP contribution in [0.5, 0.6) is 0 Å². The Hall–Kier alpha value is -2.82. The fraction of sp³-hybridized carbons (Fsp3) is 0.174. The summed E-state index contributed by atoms with van der Waals surface area (Å²) >= 11 is 0. The number of hydrogen-bond acceptors (Lipinski definition) is 3. The molecule has 0 saturated carbocycles. The van der Waals surface area contributed by atoms with Gasteiger partial charge >= 0.3 is 0 Å². The van der Waals surface area contributed by atoms with Gasteiger partial charge in [-0.2, -0.15) is 0 Å². The molecule has 0 bridgehead atoms. The van der Waals surface area contributed by atoms with Crippen molar-refractivity contribution in [3.63, 3.8) is 0 Å². The lowest BCUT2D eigenvalue weighted by Gasteiger charge is -2.19. The van der Waals surface area contributed by atoms with E-state index in [2.05, 4.69) is 28.1 Å². The third-order valence-electron chi connectivity index (χ3n) is 4.97. The Morgan fingerprint density at radius 1 is 0.786 bits per heavy atom. The lowest BCUT2D eigenvalue weighted by molar-refractivity contribution is -0.119. The van der Waals surface area contributed by atoms with Gasteiger partial charge in [0.2, 0.25) is 5.91 Å². The van der Waals surface area contributed by atoms with Crippen molar-refractivity contribution in [3.05, 3.63) is 90.5 Å². The normalized spacial score (nSPS) is 18.1. The van der Waals surface area contributed by atoms with E-state index in [-0.39, 0.29) is 30.2 Å². The van der Waals surface area contributed by atoms with Crippen molar-refractivity contribution in [1.82, 2.24) is 5.32 Å². The molecule has 28 heavy (non-hydrogen) atoms. The van der Waals surface area contributed by atoms with Crippen LogP contribution < -0.4 is 16.0 Å². The van der Waals surface area contributed by atoms with Gasteiger partial charge in [0.15, 0.2) is 0 Å². The van der Waals surface area contributed by atoms with Crippen LogP contribution >= 0.6 is 12.4 Å². The van der Waals surface area contributed by atoms with Crippen molar-refractivity contribution in [1.29, 1.82) is 0 Å². The lowest BCUT2D eigenvalue weighted by Crippen LogP contribution is -2.28. The Kier molecular flexibility index (Phi) is 6.69. The van der Waals surface area contributed by atoms with Gasteiger partial charge < -0.3 is 16.0 Å². The summed E-state index contributed by atoms with van der Waals surface area (Å²) in [4.78, 5) is 12.9. The molecule has 5 heteroatoms. The minimum atomic E-state index is -0.0712. The molecule has 0 radical (unpaired) electrons. The van der Waals surface area contributed by atoms with Crippen LogP contribution in [0.15, 0.2) is 84.9 Å². The molecule has 3 aromatic rings. The molecular formula is C23H24ClN3O. The highest BCUT2D eigenvalue weighted by molar-refractivity contribution is 5.94. The smallest absolute Gasteiger partial charge is 0.229 e. The second-order valence-electron chi connectivity index (χ2n) is 6.84. The Morgan fingerprint density at radius 2 is 1.43 bits per heavy atom. The van der Waals surface area contributed by atoms with Crippen LogP contribution in [0.25, 0.3) is 0 Å². The highest BCUT2D eigenvalue weighted by Gasteiger charge is 2.33. The molecule has 1 aliphatic heterocycles. The molecule has 4 rings (SSSR count).